The average molecular weight is 431 g/mol. The molecule has 2 heterocycles. The topological polar surface area (TPSA) is 87.5 Å². The van der Waals surface area contributed by atoms with E-state index in [1.165, 1.54) is 0 Å². The van der Waals surface area contributed by atoms with Crippen LogP contribution in [0.25, 0.3) is 0 Å². The zero-order valence-corrected chi connectivity index (χ0v) is 19.0. The Morgan fingerprint density at radius 1 is 1.10 bits per heavy atom. The minimum absolute atomic E-state index is 0.0294. The molecule has 1 aromatic carbocycles. The van der Waals surface area contributed by atoms with Gasteiger partial charge in [0.2, 0.25) is 0 Å². The van der Waals surface area contributed by atoms with Crippen molar-refractivity contribution in [3.05, 3.63) is 39.9 Å². The van der Waals surface area contributed by atoms with Gasteiger partial charge in [0.05, 0.1) is 11.0 Å². The highest BCUT2D eigenvalue weighted by Crippen LogP contribution is 2.29. The molecule has 2 saturated heterocycles. The number of hydrogen-bond acceptors (Lipinski definition) is 6. The van der Waals surface area contributed by atoms with E-state index < -0.39 is 0 Å². The lowest BCUT2D eigenvalue weighted by molar-refractivity contribution is -0.384. The number of rotatable bonds is 10. The summed E-state index contributed by atoms with van der Waals surface area (Å²) in [7, 11) is 0. The Morgan fingerprint density at radius 2 is 1.68 bits per heavy atom. The standard InChI is InChI=1S/C24H38N4O3/c1-3-16-27(18(2)17-19-4-6-22(7-5-19)28(30)31)23(20-8-12-25-13-9-20)24(29)21-10-14-26-15-11-21/h4-7,18,20-21,23,25-26H,3,8-17H2,1-2H3. The maximum Gasteiger partial charge on any atom is 0.269 e. The van der Waals surface area contributed by atoms with Gasteiger partial charge in [0.1, 0.15) is 0 Å². The quantitative estimate of drug-likeness (QED) is 0.438. The summed E-state index contributed by atoms with van der Waals surface area (Å²) < 4.78 is 0. The van der Waals surface area contributed by atoms with Crippen LogP contribution < -0.4 is 10.6 Å². The number of hydrogen-bond donors (Lipinski definition) is 2. The Bertz CT molecular complexity index is 712. The normalized spacial score (nSPS) is 20.5. The van der Waals surface area contributed by atoms with E-state index in [1.54, 1.807) is 12.1 Å². The lowest BCUT2D eigenvalue weighted by Crippen LogP contribution is -2.55. The lowest BCUT2D eigenvalue weighted by Gasteiger charge is -2.43. The van der Waals surface area contributed by atoms with Crippen LogP contribution in [-0.4, -0.2) is 60.4 Å². The molecule has 2 fully saturated rings. The largest absolute Gasteiger partial charge is 0.317 e. The first-order valence-corrected chi connectivity index (χ1v) is 12.0. The van der Waals surface area contributed by atoms with E-state index in [0.717, 1.165) is 76.8 Å². The predicted octanol–water partition coefficient (Wildman–Crippen LogP) is 3.17. The van der Waals surface area contributed by atoms with Crippen molar-refractivity contribution in [3.63, 3.8) is 0 Å². The van der Waals surface area contributed by atoms with E-state index in [0.29, 0.717) is 11.7 Å². The Morgan fingerprint density at radius 3 is 2.23 bits per heavy atom. The van der Waals surface area contributed by atoms with Crippen LogP contribution in [0.15, 0.2) is 24.3 Å². The first-order chi connectivity index (χ1) is 15.0. The molecule has 0 radical (unpaired) electrons. The first kappa shape index (κ1) is 23.8. The van der Waals surface area contributed by atoms with Crippen molar-refractivity contribution in [1.29, 1.82) is 0 Å². The summed E-state index contributed by atoms with van der Waals surface area (Å²) in [5, 5.41) is 17.8. The molecule has 0 bridgehead atoms. The number of piperidine rings is 2. The fraction of sp³-hybridized carbons (Fsp3) is 0.708. The van der Waals surface area contributed by atoms with Crippen LogP contribution in [0.2, 0.25) is 0 Å². The number of ketones is 1. The molecule has 2 N–H and O–H groups in total. The van der Waals surface area contributed by atoms with Gasteiger partial charge in [-0.15, -0.1) is 0 Å². The molecule has 3 rings (SSSR count). The fourth-order valence-electron chi connectivity index (χ4n) is 5.28. The number of benzene rings is 1. The van der Waals surface area contributed by atoms with Crippen LogP contribution in [0, 0.1) is 22.0 Å². The molecule has 0 aromatic heterocycles. The van der Waals surface area contributed by atoms with Crippen LogP contribution in [0.3, 0.4) is 0 Å². The first-order valence-electron chi connectivity index (χ1n) is 12.0. The summed E-state index contributed by atoms with van der Waals surface area (Å²) in [4.78, 5) is 26.9. The number of nitro groups is 1. The molecule has 2 aliphatic rings. The van der Waals surface area contributed by atoms with E-state index in [4.69, 9.17) is 0 Å². The molecular weight excluding hydrogens is 392 g/mol. The molecule has 0 spiro atoms. The van der Waals surface area contributed by atoms with Crippen LogP contribution in [-0.2, 0) is 11.2 Å². The number of carbonyl (C=O) groups is 1. The molecular formula is C24H38N4O3. The van der Waals surface area contributed by atoms with Gasteiger partial charge in [0, 0.05) is 24.1 Å². The van der Waals surface area contributed by atoms with Gasteiger partial charge in [0.25, 0.3) is 5.69 Å². The fourth-order valence-corrected chi connectivity index (χ4v) is 5.28. The monoisotopic (exact) mass is 430 g/mol. The molecule has 172 valence electrons. The van der Waals surface area contributed by atoms with Crippen molar-refractivity contribution in [2.45, 2.75) is 64.5 Å². The zero-order valence-electron chi connectivity index (χ0n) is 19.0. The zero-order chi connectivity index (χ0) is 22.2. The molecule has 7 nitrogen and oxygen atoms in total. The number of nitrogens with zero attached hydrogens (tertiary/aromatic N) is 2. The average Bonchev–Trinajstić information content (AvgIpc) is 2.80. The van der Waals surface area contributed by atoms with Gasteiger partial charge in [-0.3, -0.25) is 19.8 Å². The molecule has 31 heavy (non-hydrogen) atoms. The molecule has 7 heteroatoms. The second-order valence-electron chi connectivity index (χ2n) is 9.17. The van der Waals surface area contributed by atoms with Crippen molar-refractivity contribution in [1.82, 2.24) is 15.5 Å². The van der Waals surface area contributed by atoms with Crippen molar-refractivity contribution in [3.8, 4) is 0 Å². The molecule has 2 aliphatic heterocycles. The summed E-state index contributed by atoms with van der Waals surface area (Å²) in [5.74, 6) is 0.999. The maximum atomic E-state index is 13.8. The highest BCUT2D eigenvalue weighted by molar-refractivity contribution is 5.86. The molecule has 2 unspecified atom stereocenters. The Balaban J connectivity index is 1.80. The number of nitrogens with one attached hydrogen (secondary N) is 2. The van der Waals surface area contributed by atoms with E-state index in [2.05, 4.69) is 29.4 Å². The number of Topliss-reactive ketones (excluding diaryl/α,β-unsaturated/α-hetero) is 1. The third-order valence-electron chi connectivity index (χ3n) is 6.95. The third kappa shape index (κ3) is 6.34. The third-order valence-corrected chi connectivity index (χ3v) is 6.95. The molecule has 0 aliphatic carbocycles. The highest BCUT2D eigenvalue weighted by Gasteiger charge is 2.39. The van der Waals surface area contributed by atoms with Gasteiger partial charge in [-0.25, -0.2) is 0 Å². The van der Waals surface area contributed by atoms with Crippen molar-refractivity contribution < 1.29 is 9.72 Å². The van der Waals surface area contributed by atoms with E-state index in [1.807, 2.05) is 12.1 Å². The van der Waals surface area contributed by atoms with Gasteiger partial charge >= 0.3 is 0 Å². The van der Waals surface area contributed by atoms with E-state index in [9.17, 15) is 14.9 Å². The lowest BCUT2D eigenvalue weighted by atomic mass is 9.79. The Kier molecular flexibility index (Phi) is 8.99. The maximum absolute atomic E-state index is 13.8. The summed E-state index contributed by atoms with van der Waals surface area (Å²) in [6.07, 6.45) is 5.77. The minimum Gasteiger partial charge on any atom is -0.317 e. The number of nitro benzene ring substituents is 1. The SMILES string of the molecule is CCCN(C(C)Cc1ccc([N+](=O)[O-])cc1)C(C(=O)C1CCNCC1)C1CCNCC1. The molecule has 0 amide bonds. The predicted molar refractivity (Wildman–Crippen MR) is 123 cm³/mol. The summed E-state index contributed by atoms with van der Waals surface area (Å²) in [6, 6.07) is 7.04. The molecule has 0 saturated carbocycles. The van der Waals surface area contributed by atoms with Crippen molar-refractivity contribution in [2.75, 3.05) is 32.7 Å². The number of non-ortho nitro benzene ring substituents is 1. The summed E-state index contributed by atoms with van der Waals surface area (Å²) >= 11 is 0. The van der Waals surface area contributed by atoms with Gasteiger partial charge in [0.15, 0.2) is 5.78 Å². The minimum atomic E-state index is -0.360. The van der Waals surface area contributed by atoms with Crippen LogP contribution >= 0.6 is 0 Å². The Labute approximate surface area is 186 Å². The molecule has 1 aromatic rings. The van der Waals surface area contributed by atoms with Gasteiger partial charge in [-0.2, -0.15) is 0 Å². The summed E-state index contributed by atoms with van der Waals surface area (Å²) in [6.45, 7) is 9.12. The van der Waals surface area contributed by atoms with Crippen LogP contribution in [0.1, 0.15) is 51.5 Å². The van der Waals surface area contributed by atoms with Gasteiger partial charge < -0.3 is 10.6 Å². The van der Waals surface area contributed by atoms with Gasteiger partial charge in [-0.05, 0) is 89.7 Å². The second kappa shape index (κ2) is 11.7. The smallest absolute Gasteiger partial charge is 0.269 e. The van der Waals surface area contributed by atoms with Crippen molar-refractivity contribution in [2.24, 2.45) is 11.8 Å². The van der Waals surface area contributed by atoms with Crippen molar-refractivity contribution >= 4 is 11.5 Å². The highest BCUT2D eigenvalue weighted by atomic mass is 16.6. The second-order valence-corrected chi connectivity index (χ2v) is 9.17. The molecule has 2 atom stereocenters. The summed E-state index contributed by atoms with van der Waals surface area (Å²) in [5.41, 5.74) is 1.20. The Hall–Kier alpha value is -1.83. The van der Waals surface area contributed by atoms with Crippen LogP contribution in [0.4, 0.5) is 5.69 Å². The van der Waals surface area contributed by atoms with Gasteiger partial charge in [-0.1, -0.05) is 19.1 Å². The van der Waals surface area contributed by atoms with Crippen LogP contribution in [0.5, 0.6) is 0 Å². The van der Waals surface area contributed by atoms with E-state index in [-0.39, 0.29) is 28.6 Å². The van der Waals surface area contributed by atoms with E-state index >= 15 is 0 Å². The number of carbonyl (C=O) groups excluding carboxylic acids is 1.